The number of nitrogens with zero attached hydrogens (tertiary/aromatic N) is 1. The van der Waals surface area contributed by atoms with Crippen molar-refractivity contribution < 1.29 is 14.1 Å². The van der Waals surface area contributed by atoms with E-state index in [-0.39, 0.29) is 17.6 Å². The number of ketones is 1. The molecule has 158 valence electrons. The molecule has 31 heavy (non-hydrogen) atoms. The van der Waals surface area contributed by atoms with E-state index in [1.165, 1.54) is 0 Å². The summed E-state index contributed by atoms with van der Waals surface area (Å²) in [6.07, 6.45) is 1.11. The number of methoxy groups -OCH3 is 1. The van der Waals surface area contributed by atoms with Crippen LogP contribution in [0.3, 0.4) is 0 Å². The number of carbonyl (C=O) groups excluding carboxylic acids is 1. The number of anilines is 1. The van der Waals surface area contributed by atoms with E-state index in [1.54, 1.807) is 19.2 Å². The third-order valence-electron chi connectivity index (χ3n) is 6.12. The Morgan fingerprint density at radius 1 is 1.13 bits per heavy atom. The second-order valence-electron chi connectivity index (χ2n) is 7.93. The number of hydrogen-bond donors (Lipinski definition) is 1. The first-order chi connectivity index (χ1) is 15.0. The zero-order valence-corrected chi connectivity index (χ0v) is 18.6. The molecule has 3 aromatic rings. The molecule has 0 saturated carbocycles. The van der Waals surface area contributed by atoms with Crippen molar-refractivity contribution in [3.8, 4) is 5.75 Å². The summed E-state index contributed by atoms with van der Waals surface area (Å²) in [4.78, 5) is 13.5. The largest absolute Gasteiger partial charge is 0.497 e. The van der Waals surface area contributed by atoms with Crippen LogP contribution in [0.2, 0.25) is 10.0 Å². The van der Waals surface area contributed by atoms with Gasteiger partial charge in [0.2, 0.25) is 5.88 Å². The monoisotopic (exact) mass is 454 g/mol. The minimum absolute atomic E-state index is 0.0663. The van der Waals surface area contributed by atoms with E-state index in [2.05, 4.69) is 10.5 Å². The van der Waals surface area contributed by atoms with Crippen molar-refractivity contribution >= 4 is 34.9 Å². The van der Waals surface area contributed by atoms with Gasteiger partial charge in [0.25, 0.3) is 0 Å². The fraction of sp³-hybridized carbons (Fsp3) is 0.250. The molecule has 0 unspecified atom stereocenters. The zero-order chi connectivity index (χ0) is 21.7. The summed E-state index contributed by atoms with van der Waals surface area (Å²) >= 11 is 12.7. The number of aromatic nitrogens is 1. The number of ether oxygens (including phenoxy) is 1. The second kappa shape index (κ2) is 7.74. The molecular formula is C24H20Cl2N2O3. The number of allylic oxidation sites excluding steroid dienone is 2. The van der Waals surface area contributed by atoms with Crippen molar-refractivity contribution in [1.82, 2.24) is 5.16 Å². The molecule has 7 heteroatoms. The van der Waals surface area contributed by atoms with Crippen LogP contribution in [0.15, 0.2) is 58.3 Å². The Labute approximate surface area is 190 Å². The average Bonchev–Trinajstić information content (AvgIpc) is 3.13. The van der Waals surface area contributed by atoms with E-state index in [4.69, 9.17) is 32.5 Å². The normalized spacial score (nSPS) is 20.2. The van der Waals surface area contributed by atoms with Crippen molar-refractivity contribution in [3.05, 3.63) is 86.2 Å². The van der Waals surface area contributed by atoms with Crippen molar-refractivity contribution in [1.29, 1.82) is 0 Å². The lowest BCUT2D eigenvalue weighted by atomic mass is 9.72. The van der Waals surface area contributed by atoms with Crippen LogP contribution < -0.4 is 10.1 Å². The van der Waals surface area contributed by atoms with Crippen LogP contribution in [0.1, 0.15) is 47.1 Å². The first kappa shape index (κ1) is 20.2. The van der Waals surface area contributed by atoms with Gasteiger partial charge in [-0.2, -0.15) is 0 Å². The van der Waals surface area contributed by atoms with E-state index >= 15 is 0 Å². The summed E-state index contributed by atoms with van der Waals surface area (Å²) < 4.78 is 10.8. The summed E-state index contributed by atoms with van der Waals surface area (Å²) in [5.41, 5.74) is 5.09. The van der Waals surface area contributed by atoms with Crippen LogP contribution >= 0.6 is 23.2 Å². The predicted molar refractivity (Wildman–Crippen MR) is 120 cm³/mol. The van der Waals surface area contributed by atoms with Gasteiger partial charge in [-0.3, -0.25) is 4.79 Å². The van der Waals surface area contributed by atoms with Crippen LogP contribution in [0.25, 0.3) is 0 Å². The van der Waals surface area contributed by atoms with Crippen molar-refractivity contribution in [2.75, 3.05) is 12.4 Å². The van der Waals surface area contributed by atoms with Gasteiger partial charge in [0.15, 0.2) is 5.78 Å². The molecule has 1 aromatic heterocycles. The maximum absolute atomic E-state index is 13.5. The Balaban J connectivity index is 1.60. The highest BCUT2D eigenvalue weighted by molar-refractivity contribution is 6.35. The first-order valence-electron chi connectivity index (χ1n) is 10.0. The Hall–Kier alpha value is -2.76. The number of carbonyl (C=O) groups is 1. The number of aryl methyl sites for hydroxylation is 1. The zero-order valence-electron chi connectivity index (χ0n) is 17.0. The lowest BCUT2D eigenvalue weighted by molar-refractivity contribution is -0.116. The minimum Gasteiger partial charge on any atom is -0.497 e. The molecule has 0 bridgehead atoms. The fourth-order valence-corrected chi connectivity index (χ4v) is 5.15. The quantitative estimate of drug-likeness (QED) is 0.505. The topological polar surface area (TPSA) is 64.4 Å². The number of hydrogen-bond acceptors (Lipinski definition) is 5. The Kier molecular flexibility index (Phi) is 5.03. The van der Waals surface area contributed by atoms with Gasteiger partial charge < -0.3 is 14.6 Å². The lowest BCUT2D eigenvalue weighted by Crippen LogP contribution is -2.29. The number of halogens is 2. The van der Waals surface area contributed by atoms with E-state index < -0.39 is 0 Å². The molecule has 2 atom stereocenters. The smallest absolute Gasteiger partial charge is 0.233 e. The van der Waals surface area contributed by atoms with Crippen LogP contribution in [-0.2, 0) is 4.79 Å². The SMILES string of the molecule is COc1ccc([C@@H]2CC(=O)C3=C(C2)Nc2onc(C)c2[C@@H]3c2ccc(Cl)cc2Cl)cc1. The number of benzene rings is 2. The lowest BCUT2D eigenvalue weighted by Gasteiger charge is -2.34. The molecule has 2 aromatic carbocycles. The van der Waals surface area contributed by atoms with E-state index in [9.17, 15) is 4.79 Å². The fourth-order valence-electron chi connectivity index (χ4n) is 4.63. The molecule has 0 spiro atoms. The van der Waals surface area contributed by atoms with Gasteiger partial charge in [0, 0.05) is 33.7 Å². The third kappa shape index (κ3) is 3.42. The highest BCUT2D eigenvalue weighted by Gasteiger charge is 2.41. The molecule has 1 aliphatic heterocycles. The number of fused-ring (bicyclic) bond motifs is 1. The Bertz CT molecular complexity index is 1210. The molecule has 2 aliphatic rings. The highest BCUT2D eigenvalue weighted by atomic mass is 35.5. The molecule has 0 amide bonds. The molecule has 1 N–H and O–H groups in total. The Morgan fingerprint density at radius 3 is 2.61 bits per heavy atom. The molecule has 5 rings (SSSR count). The van der Waals surface area contributed by atoms with E-state index in [0.717, 1.165) is 39.4 Å². The summed E-state index contributed by atoms with van der Waals surface area (Å²) in [5.74, 6) is 1.18. The molecule has 0 saturated heterocycles. The van der Waals surface area contributed by atoms with Gasteiger partial charge >= 0.3 is 0 Å². The maximum Gasteiger partial charge on any atom is 0.233 e. The molecule has 0 fully saturated rings. The maximum atomic E-state index is 13.5. The summed E-state index contributed by atoms with van der Waals surface area (Å²) in [5, 5.41) is 8.55. The van der Waals surface area contributed by atoms with Gasteiger partial charge in [-0.25, -0.2) is 0 Å². The van der Waals surface area contributed by atoms with Gasteiger partial charge in [0.05, 0.1) is 18.4 Å². The van der Waals surface area contributed by atoms with Crippen molar-refractivity contribution in [2.45, 2.75) is 31.6 Å². The van der Waals surface area contributed by atoms with Crippen LogP contribution in [-0.4, -0.2) is 18.0 Å². The number of rotatable bonds is 3. The molecule has 1 aliphatic carbocycles. The molecule has 2 heterocycles. The van der Waals surface area contributed by atoms with Gasteiger partial charge in [-0.15, -0.1) is 0 Å². The third-order valence-corrected chi connectivity index (χ3v) is 6.68. The van der Waals surface area contributed by atoms with E-state index in [1.807, 2.05) is 37.3 Å². The van der Waals surface area contributed by atoms with Crippen molar-refractivity contribution in [3.63, 3.8) is 0 Å². The summed E-state index contributed by atoms with van der Waals surface area (Å²) in [7, 11) is 1.64. The second-order valence-corrected chi connectivity index (χ2v) is 8.77. The van der Waals surface area contributed by atoms with E-state index in [0.29, 0.717) is 28.8 Å². The van der Waals surface area contributed by atoms with Crippen LogP contribution in [0, 0.1) is 6.92 Å². The highest BCUT2D eigenvalue weighted by Crippen LogP contribution is 2.50. The summed E-state index contributed by atoms with van der Waals surface area (Å²) in [6, 6.07) is 13.3. The predicted octanol–water partition coefficient (Wildman–Crippen LogP) is 6.26. The molecular weight excluding hydrogens is 435 g/mol. The standard InChI is InChI=1S/C24H20Cl2N2O3/c1-12-21-22(17-8-5-15(25)11-18(17)26)23-19(27-24(21)31-28-12)9-14(10-20(23)29)13-3-6-16(30-2)7-4-13/h3-8,11,14,22,27H,9-10H2,1-2H3/t14-,22-/m0/s1. The summed E-state index contributed by atoms with van der Waals surface area (Å²) in [6.45, 7) is 1.87. The first-order valence-corrected chi connectivity index (χ1v) is 10.8. The average molecular weight is 455 g/mol. The number of Topliss-reactive ketones (excluding diaryl/α,β-unsaturated/α-hetero) is 1. The van der Waals surface area contributed by atoms with Crippen LogP contribution in [0.5, 0.6) is 5.75 Å². The van der Waals surface area contributed by atoms with Gasteiger partial charge in [-0.05, 0) is 54.7 Å². The van der Waals surface area contributed by atoms with Crippen LogP contribution in [0.4, 0.5) is 5.88 Å². The van der Waals surface area contributed by atoms with Crippen molar-refractivity contribution in [2.24, 2.45) is 0 Å². The van der Waals surface area contributed by atoms with Gasteiger partial charge in [0.1, 0.15) is 5.75 Å². The molecule has 5 nitrogen and oxygen atoms in total. The molecule has 0 radical (unpaired) electrons. The number of nitrogens with one attached hydrogen (secondary N) is 1. The van der Waals surface area contributed by atoms with Gasteiger partial charge in [-0.1, -0.05) is 46.6 Å². The minimum atomic E-state index is -0.341. The Morgan fingerprint density at radius 2 is 1.90 bits per heavy atom.